The maximum Gasteiger partial charge on any atom is 0.0293 e. The molecule has 1 heterocycles. The molecule has 0 amide bonds. The molecule has 1 nitrogen and oxygen atoms in total. The maximum absolute atomic E-state index is 4.27. The van der Waals surface area contributed by atoms with E-state index in [9.17, 15) is 0 Å². The Labute approximate surface area is 160 Å². The topological polar surface area (TPSA) is 12.4 Å². The summed E-state index contributed by atoms with van der Waals surface area (Å²) in [5.41, 5.74) is 1.40. The Morgan fingerprint density at radius 1 is 1.00 bits per heavy atom. The number of allylic oxidation sites excluding steroid dienone is 3. The van der Waals surface area contributed by atoms with Gasteiger partial charge in [0.2, 0.25) is 0 Å². The van der Waals surface area contributed by atoms with Gasteiger partial charge in [0.05, 0.1) is 0 Å². The van der Waals surface area contributed by atoms with Crippen LogP contribution in [-0.4, -0.2) is 6.21 Å². The van der Waals surface area contributed by atoms with E-state index in [0.29, 0.717) is 0 Å². The summed E-state index contributed by atoms with van der Waals surface area (Å²) in [6.45, 7) is 20.0. The summed E-state index contributed by atoms with van der Waals surface area (Å²) >= 11 is 0. The van der Waals surface area contributed by atoms with E-state index in [0.717, 1.165) is 11.8 Å². The first kappa shape index (κ1) is 26.4. The quantitative estimate of drug-likeness (QED) is 0.436. The van der Waals surface area contributed by atoms with Crippen LogP contribution in [-0.2, 0) is 0 Å². The van der Waals surface area contributed by atoms with E-state index in [1.54, 1.807) is 0 Å². The summed E-state index contributed by atoms with van der Waals surface area (Å²) in [6.07, 6.45) is 17.6. The number of hydrogen-bond acceptors (Lipinski definition) is 1. The van der Waals surface area contributed by atoms with E-state index >= 15 is 0 Å². The van der Waals surface area contributed by atoms with Gasteiger partial charge in [-0.1, -0.05) is 106 Å². The second-order valence-electron chi connectivity index (χ2n) is 8.20. The van der Waals surface area contributed by atoms with Gasteiger partial charge < -0.3 is 0 Å². The van der Waals surface area contributed by atoms with Gasteiger partial charge in [0, 0.05) is 17.8 Å². The van der Waals surface area contributed by atoms with Gasteiger partial charge >= 0.3 is 0 Å². The highest BCUT2D eigenvalue weighted by molar-refractivity contribution is 5.69. The standard InChI is InChI=1S/C11H17N.C8H18.C5H12/c1-4-6-11(3)7-5-10(2)8-12-9-11;1-4-6-7-8(3)5-2;1-4-5(2)3/h5,7-9H,4,6H2,1-3H3;8H,4-7H2,1-3H3;5H,4H2,1-3H3. The molecule has 25 heavy (non-hydrogen) atoms. The van der Waals surface area contributed by atoms with Gasteiger partial charge in [-0.3, -0.25) is 4.99 Å². The van der Waals surface area contributed by atoms with Crippen molar-refractivity contribution in [3.63, 3.8) is 0 Å². The average Bonchev–Trinajstić information content (AvgIpc) is 2.75. The molecule has 0 aromatic rings. The molecule has 1 rings (SSSR count). The van der Waals surface area contributed by atoms with Crippen LogP contribution in [0.3, 0.4) is 0 Å². The molecule has 0 radical (unpaired) electrons. The maximum atomic E-state index is 4.27. The van der Waals surface area contributed by atoms with Crippen molar-refractivity contribution in [3.05, 3.63) is 23.9 Å². The number of unbranched alkanes of at least 4 members (excludes halogenated alkanes) is 1. The third-order valence-corrected chi connectivity index (χ3v) is 4.73. The molecule has 2 unspecified atom stereocenters. The lowest BCUT2D eigenvalue weighted by molar-refractivity contribution is 0.492. The van der Waals surface area contributed by atoms with E-state index in [-0.39, 0.29) is 5.41 Å². The van der Waals surface area contributed by atoms with Gasteiger partial charge in [0.25, 0.3) is 0 Å². The normalized spacial score (nSPS) is 20.0. The average molecular weight is 350 g/mol. The van der Waals surface area contributed by atoms with Crippen molar-refractivity contribution in [1.82, 2.24) is 0 Å². The predicted octanol–water partition coefficient (Wildman–Crippen LogP) is 8.61. The van der Waals surface area contributed by atoms with Crippen molar-refractivity contribution in [2.45, 2.75) is 107 Å². The summed E-state index contributed by atoms with van der Waals surface area (Å²) in [4.78, 5) is 4.27. The largest absolute Gasteiger partial charge is 0.268 e. The fraction of sp³-hybridized carbons (Fsp3) is 0.792. The van der Waals surface area contributed by atoms with Crippen LogP contribution in [0.5, 0.6) is 0 Å². The zero-order chi connectivity index (χ0) is 19.7. The van der Waals surface area contributed by atoms with Gasteiger partial charge in [0.15, 0.2) is 0 Å². The molecule has 0 saturated carbocycles. The first-order valence-electron chi connectivity index (χ1n) is 10.6. The van der Waals surface area contributed by atoms with E-state index < -0.39 is 0 Å². The van der Waals surface area contributed by atoms with Crippen molar-refractivity contribution in [1.29, 1.82) is 0 Å². The lowest BCUT2D eigenvalue weighted by Gasteiger charge is -2.18. The lowest BCUT2D eigenvalue weighted by atomic mass is 9.86. The van der Waals surface area contributed by atoms with E-state index in [2.05, 4.69) is 79.5 Å². The molecule has 1 heteroatoms. The Kier molecular flexibility index (Phi) is 17.5. The highest BCUT2D eigenvalue weighted by Gasteiger charge is 2.17. The van der Waals surface area contributed by atoms with Crippen molar-refractivity contribution < 1.29 is 0 Å². The molecule has 0 fully saturated rings. The minimum absolute atomic E-state index is 0.170. The third kappa shape index (κ3) is 17.8. The first-order chi connectivity index (χ1) is 11.7. The molecular weight excluding hydrogens is 302 g/mol. The third-order valence-electron chi connectivity index (χ3n) is 4.73. The highest BCUT2D eigenvalue weighted by atomic mass is 14.7. The Morgan fingerprint density at radius 3 is 2.04 bits per heavy atom. The molecule has 148 valence electrons. The molecule has 0 aromatic heterocycles. The van der Waals surface area contributed by atoms with Gasteiger partial charge in [-0.15, -0.1) is 0 Å². The monoisotopic (exact) mass is 349 g/mol. The Bertz CT molecular complexity index is 376. The van der Waals surface area contributed by atoms with Crippen LogP contribution < -0.4 is 0 Å². The number of aliphatic imine (C=N–C) groups is 1. The van der Waals surface area contributed by atoms with Crippen molar-refractivity contribution in [3.8, 4) is 0 Å². The van der Waals surface area contributed by atoms with Crippen LogP contribution >= 0.6 is 0 Å². The fourth-order valence-corrected chi connectivity index (χ4v) is 2.18. The van der Waals surface area contributed by atoms with Gasteiger partial charge in [-0.2, -0.15) is 0 Å². The van der Waals surface area contributed by atoms with Crippen LogP contribution in [0.25, 0.3) is 0 Å². The molecule has 0 bridgehead atoms. The summed E-state index contributed by atoms with van der Waals surface area (Å²) in [7, 11) is 0. The Hall–Kier alpha value is -0.850. The van der Waals surface area contributed by atoms with Crippen LogP contribution in [0, 0.1) is 17.3 Å². The fourth-order valence-electron chi connectivity index (χ4n) is 2.18. The SMILES string of the molecule is CCC(C)C.CCCC1(C)C=CC(C)=CN=C1.CCCCC(C)CC. The summed E-state index contributed by atoms with van der Waals surface area (Å²) in [5.74, 6) is 1.84. The Morgan fingerprint density at radius 2 is 1.60 bits per heavy atom. The zero-order valence-electron chi connectivity index (χ0n) is 18.9. The second kappa shape index (κ2) is 16.6. The lowest BCUT2D eigenvalue weighted by Crippen LogP contribution is -2.13. The van der Waals surface area contributed by atoms with E-state index in [1.165, 1.54) is 50.5 Å². The number of hydrogen-bond donors (Lipinski definition) is 0. The van der Waals surface area contributed by atoms with Gasteiger partial charge in [0.1, 0.15) is 0 Å². The highest BCUT2D eigenvalue weighted by Crippen LogP contribution is 2.25. The minimum atomic E-state index is 0.170. The first-order valence-corrected chi connectivity index (χ1v) is 10.6. The molecule has 0 aliphatic carbocycles. The minimum Gasteiger partial charge on any atom is -0.268 e. The molecule has 0 N–H and O–H groups in total. The predicted molar refractivity (Wildman–Crippen MR) is 119 cm³/mol. The molecular formula is C24H47N. The smallest absolute Gasteiger partial charge is 0.0293 e. The zero-order valence-corrected chi connectivity index (χ0v) is 18.9. The number of rotatable bonds is 7. The molecule has 0 aromatic carbocycles. The second-order valence-corrected chi connectivity index (χ2v) is 8.20. The molecule has 2 atom stereocenters. The Balaban J connectivity index is 0. The summed E-state index contributed by atoms with van der Waals surface area (Å²) in [6, 6.07) is 0. The molecule has 1 aliphatic heterocycles. The van der Waals surface area contributed by atoms with Crippen molar-refractivity contribution in [2.24, 2.45) is 22.2 Å². The van der Waals surface area contributed by atoms with E-state index in [1.807, 2.05) is 12.4 Å². The number of nitrogens with zero attached hydrogens (tertiary/aromatic N) is 1. The van der Waals surface area contributed by atoms with Crippen molar-refractivity contribution in [2.75, 3.05) is 0 Å². The molecule has 1 aliphatic rings. The summed E-state index contributed by atoms with van der Waals surface area (Å²) in [5, 5.41) is 0. The molecule has 0 saturated heterocycles. The van der Waals surface area contributed by atoms with Gasteiger partial charge in [-0.05, 0) is 30.8 Å². The van der Waals surface area contributed by atoms with Crippen molar-refractivity contribution >= 4 is 6.21 Å². The van der Waals surface area contributed by atoms with Crippen LogP contribution in [0.4, 0.5) is 0 Å². The van der Waals surface area contributed by atoms with Gasteiger partial charge in [-0.25, -0.2) is 0 Å². The van der Waals surface area contributed by atoms with Crippen LogP contribution in [0.1, 0.15) is 107 Å². The molecule has 0 spiro atoms. The van der Waals surface area contributed by atoms with E-state index in [4.69, 9.17) is 0 Å². The van der Waals surface area contributed by atoms with Crippen LogP contribution in [0.2, 0.25) is 0 Å². The van der Waals surface area contributed by atoms with Crippen LogP contribution in [0.15, 0.2) is 28.9 Å². The summed E-state index contributed by atoms with van der Waals surface area (Å²) < 4.78 is 0.